The van der Waals surface area contributed by atoms with Crippen LogP contribution in [0.3, 0.4) is 0 Å². The molecule has 0 spiro atoms. The van der Waals surface area contributed by atoms with Crippen molar-refractivity contribution in [2.24, 2.45) is 12.8 Å². The number of aromatic nitrogens is 3. The Morgan fingerprint density at radius 3 is 2.60 bits per heavy atom. The van der Waals surface area contributed by atoms with Crippen LogP contribution in [0.2, 0.25) is 0 Å². The molecule has 0 atom stereocenters. The number of hydrogen-bond donors (Lipinski definition) is 1. The van der Waals surface area contributed by atoms with E-state index in [4.69, 9.17) is 10.5 Å². The highest BCUT2D eigenvalue weighted by Crippen LogP contribution is 2.37. The molecule has 2 aromatic heterocycles. The van der Waals surface area contributed by atoms with E-state index in [1.54, 1.807) is 12.1 Å². The first kappa shape index (κ1) is 25.5. The third kappa shape index (κ3) is 5.52. The number of nitriles is 1. The van der Waals surface area contributed by atoms with Gasteiger partial charge in [0.25, 0.3) is 5.56 Å². The Bertz CT molecular complexity index is 1460. The molecule has 0 saturated carbocycles. The van der Waals surface area contributed by atoms with Gasteiger partial charge in [-0.2, -0.15) is 18.4 Å². The predicted molar refractivity (Wildman–Crippen MR) is 115 cm³/mol. The van der Waals surface area contributed by atoms with E-state index in [0.717, 1.165) is 30.9 Å². The van der Waals surface area contributed by atoms with E-state index in [2.05, 4.69) is 4.98 Å². The maximum Gasteiger partial charge on any atom is 0.431 e. The summed E-state index contributed by atoms with van der Waals surface area (Å²) < 4.78 is 60.1. The highest BCUT2D eigenvalue weighted by atomic mass is 32.2. The smallest absolute Gasteiger partial charge is 0.431 e. The van der Waals surface area contributed by atoms with Crippen LogP contribution in [-0.4, -0.2) is 26.6 Å². The lowest BCUT2D eigenvalue weighted by molar-refractivity contribution is -0.144. The fraction of sp³-hybridized carbons (Fsp3) is 0.190. The van der Waals surface area contributed by atoms with Crippen LogP contribution in [0.1, 0.15) is 17.7 Å². The van der Waals surface area contributed by atoms with Gasteiger partial charge in [0, 0.05) is 24.2 Å². The number of hydrogen-bond acceptors (Lipinski definition) is 7. The van der Waals surface area contributed by atoms with Gasteiger partial charge in [0.15, 0.2) is 0 Å². The summed E-state index contributed by atoms with van der Waals surface area (Å²) in [4.78, 5) is 40.3. The lowest BCUT2D eigenvalue weighted by Gasteiger charge is -2.15. The zero-order valence-electron chi connectivity index (χ0n) is 17.8. The SMILES string of the molecule is Cn1c(C(F)(F)F)cc(=O)n(-c2cc(Sc3cccnc3OCCC(N)=O)c(C#N)cc2F)c1=O. The zero-order chi connectivity index (χ0) is 25.9. The molecule has 0 fully saturated rings. The van der Waals surface area contributed by atoms with Gasteiger partial charge in [0.2, 0.25) is 11.8 Å². The molecular formula is C21H15F4N5O4S. The summed E-state index contributed by atoms with van der Waals surface area (Å²) in [6, 6.07) is 6.79. The third-order valence-electron chi connectivity index (χ3n) is 4.56. The molecule has 3 aromatic rings. The molecule has 0 unspecified atom stereocenters. The van der Waals surface area contributed by atoms with Gasteiger partial charge in [-0.1, -0.05) is 11.8 Å². The van der Waals surface area contributed by atoms with Crippen molar-refractivity contribution in [3.63, 3.8) is 0 Å². The number of nitrogens with two attached hydrogens (primary N) is 1. The van der Waals surface area contributed by atoms with E-state index in [-0.39, 0.29) is 44.6 Å². The van der Waals surface area contributed by atoms with Crippen LogP contribution in [-0.2, 0) is 18.0 Å². The number of carbonyl (C=O) groups is 1. The highest BCUT2D eigenvalue weighted by molar-refractivity contribution is 7.99. The lowest BCUT2D eigenvalue weighted by Crippen LogP contribution is -2.41. The summed E-state index contributed by atoms with van der Waals surface area (Å²) in [6.45, 7) is -0.0866. The maximum absolute atomic E-state index is 14.8. The number of carbonyl (C=O) groups excluding carboxylic acids is 1. The van der Waals surface area contributed by atoms with Gasteiger partial charge in [-0.3, -0.25) is 14.2 Å². The first-order valence-corrected chi connectivity index (χ1v) is 10.4. The Kier molecular flexibility index (Phi) is 7.30. The summed E-state index contributed by atoms with van der Waals surface area (Å²) in [5.41, 5.74) is -0.0858. The van der Waals surface area contributed by atoms with Crippen LogP contribution < -0.4 is 21.7 Å². The van der Waals surface area contributed by atoms with Crippen LogP contribution in [0, 0.1) is 17.1 Å². The molecular weight excluding hydrogens is 494 g/mol. The molecule has 14 heteroatoms. The van der Waals surface area contributed by atoms with Crippen molar-refractivity contribution in [2.45, 2.75) is 22.4 Å². The predicted octanol–water partition coefficient (Wildman–Crippen LogP) is 2.37. The number of benzene rings is 1. The second-order valence-corrected chi connectivity index (χ2v) is 8.01. The van der Waals surface area contributed by atoms with Gasteiger partial charge in [-0.25, -0.2) is 18.7 Å². The van der Waals surface area contributed by atoms with E-state index in [1.807, 2.05) is 0 Å². The standard InChI is InChI=1S/C21H15F4N5O4S/c1-29-16(21(23,24)25)9-18(32)30(20(29)33)13-8-15(11(10-26)7-12(13)22)35-14-3-2-5-28-19(14)34-6-4-17(27)31/h2-3,5,7-9H,4,6H2,1H3,(H2,27,31). The minimum atomic E-state index is -4.98. The molecule has 2 N–H and O–H groups in total. The first-order valence-electron chi connectivity index (χ1n) is 9.62. The van der Waals surface area contributed by atoms with Crippen molar-refractivity contribution in [3.05, 3.63) is 74.4 Å². The molecule has 9 nitrogen and oxygen atoms in total. The Labute approximate surface area is 198 Å². The molecule has 1 amide bonds. The molecule has 2 heterocycles. The van der Waals surface area contributed by atoms with Gasteiger partial charge in [0.05, 0.1) is 29.2 Å². The van der Waals surface area contributed by atoms with Crippen molar-refractivity contribution < 1.29 is 27.1 Å². The summed E-state index contributed by atoms with van der Waals surface area (Å²) in [5.74, 6) is -1.71. The van der Waals surface area contributed by atoms with Gasteiger partial charge in [-0.15, -0.1) is 0 Å². The van der Waals surface area contributed by atoms with Gasteiger partial charge >= 0.3 is 11.9 Å². The largest absolute Gasteiger partial charge is 0.476 e. The van der Waals surface area contributed by atoms with Gasteiger partial charge in [0.1, 0.15) is 17.6 Å². The van der Waals surface area contributed by atoms with E-state index in [0.29, 0.717) is 4.90 Å². The fourth-order valence-corrected chi connectivity index (χ4v) is 3.90. The minimum Gasteiger partial charge on any atom is -0.476 e. The molecule has 0 saturated heterocycles. The van der Waals surface area contributed by atoms with Crippen LogP contribution >= 0.6 is 11.8 Å². The lowest BCUT2D eigenvalue weighted by atomic mass is 10.2. The molecule has 0 aliphatic rings. The van der Waals surface area contributed by atoms with E-state index in [1.165, 1.54) is 12.3 Å². The summed E-state index contributed by atoms with van der Waals surface area (Å²) in [7, 11) is 0.795. The van der Waals surface area contributed by atoms with Gasteiger partial charge < -0.3 is 10.5 Å². The van der Waals surface area contributed by atoms with Gasteiger partial charge in [-0.05, 0) is 24.3 Å². The second-order valence-electron chi connectivity index (χ2n) is 6.93. The van der Waals surface area contributed by atoms with Crippen LogP contribution in [0.5, 0.6) is 5.88 Å². The van der Waals surface area contributed by atoms with Crippen LogP contribution in [0.4, 0.5) is 17.6 Å². The normalized spacial score (nSPS) is 11.2. The number of alkyl halides is 3. The van der Waals surface area contributed by atoms with E-state index < -0.39 is 40.5 Å². The van der Waals surface area contributed by atoms with E-state index >= 15 is 0 Å². The average molecular weight is 509 g/mol. The van der Waals surface area contributed by atoms with Crippen molar-refractivity contribution in [3.8, 4) is 17.6 Å². The topological polar surface area (TPSA) is 133 Å². The monoisotopic (exact) mass is 509 g/mol. The number of primary amides is 1. The van der Waals surface area contributed by atoms with Crippen LogP contribution in [0.15, 0.2) is 55.9 Å². The molecule has 0 aliphatic carbocycles. The second kappa shape index (κ2) is 10.0. The molecule has 0 bridgehead atoms. The number of nitrogens with zero attached hydrogens (tertiary/aromatic N) is 4. The molecule has 3 rings (SSSR count). The third-order valence-corrected chi connectivity index (χ3v) is 5.65. The highest BCUT2D eigenvalue weighted by Gasteiger charge is 2.35. The first-order chi connectivity index (χ1) is 16.4. The summed E-state index contributed by atoms with van der Waals surface area (Å²) in [5, 5.41) is 9.45. The number of rotatable bonds is 7. The molecule has 182 valence electrons. The van der Waals surface area contributed by atoms with E-state index in [9.17, 15) is 37.2 Å². The fourth-order valence-electron chi connectivity index (χ4n) is 2.93. The molecule has 35 heavy (non-hydrogen) atoms. The molecule has 0 radical (unpaired) electrons. The zero-order valence-corrected chi connectivity index (χ0v) is 18.6. The van der Waals surface area contributed by atoms with Crippen molar-refractivity contribution in [1.82, 2.24) is 14.1 Å². The molecule has 0 aliphatic heterocycles. The number of halogens is 4. The Balaban J connectivity index is 2.12. The number of amides is 1. The maximum atomic E-state index is 14.8. The van der Waals surface area contributed by atoms with Crippen molar-refractivity contribution in [2.75, 3.05) is 6.61 Å². The number of ether oxygens (including phenoxy) is 1. The minimum absolute atomic E-state index is 0.0607. The number of pyridine rings is 1. The Hall–Kier alpha value is -4.12. The van der Waals surface area contributed by atoms with Crippen molar-refractivity contribution in [1.29, 1.82) is 5.26 Å². The summed E-state index contributed by atoms with van der Waals surface area (Å²) in [6.07, 6.45) is -3.68. The quantitative estimate of drug-likeness (QED) is 0.484. The Morgan fingerprint density at radius 1 is 1.26 bits per heavy atom. The average Bonchev–Trinajstić information content (AvgIpc) is 2.78. The van der Waals surface area contributed by atoms with Crippen molar-refractivity contribution >= 4 is 17.7 Å². The van der Waals surface area contributed by atoms with Crippen LogP contribution in [0.25, 0.3) is 5.69 Å². The Morgan fingerprint density at radius 2 is 1.97 bits per heavy atom. The summed E-state index contributed by atoms with van der Waals surface area (Å²) >= 11 is 0.868. The molecule has 1 aromatic carbocycles.